The van der Waals surface area contributed by atoms with Crippen molar-refractivity contribution in [1.82, 2.24) is 9.80 Å². The summed E-state index contributed by atoms with van der Waals surface area (Å²) in [5.74, 6) is 2.65. The first-order chi connectivity index (χ1) is 15.5. The van der Waals surface area contributed by atoms with E-state index in [9.17, 15) is 0 Å². The van der Waals surface area contributed by atoms with Gasteiger partial charge in [-0.3, -0.25) is 0 Å². The number of para-hydroxylation sites is 1. The Balaban J connectivity index is 1.59. The average molecular weight is 451 g/mol. The molecule has 1 aliphatic rings. The van der Waals surface area contributed by atoms with Crippen molar-refractivity contribution in [3.63, 3.8) is 0 Å². The number of unbranched alkanes of at least 4 members (excludes halogenated alkanes) is 1. The Labute approximate surface area is 196 Å². The third-order valence-corrected chi connectivity index (χ3v) is 6.90. The smallest absolute Gasteiger partial charge is 0.139 e. The first-order valence-corrected chi connectivity index (χ1v) is 12.3. The minimum absolute atomic E-state index is 0.703. The Morgan fingerprint density at radius 2 is 1.56 bits per heavy atom. The van der Waals surface area contributed by atoms with E-state index < -0.39 is 0 Å². The number of aryl methyl sites for hydroxylation is 1. The van der Waals surface area contributed by atoms with Gasteiger partial charge in [0.2, 0.25) is 0 Å². The van der Waals surface area contributed by atoms with Crippen LogP contribution in [0.4, 0.5) is 0 Å². The fourth-order valence-electron chi connectivity index (χ4n) is 4.02. The van der Waals surface area contributed by atoms with E-state index in [1.54, 1.807) is 0 Å². The predicted molar refractivity (Wildman–Crippen MR) is 135 cm³/mol. The van der Waals surface area contributed by atoms with E-state index in [1.165, 1.54) is 33.7 Å². The first kappa shape index (κ1) is 22.8. The summed E-state index contributed by atoms with van der Waals surface area (Å²) in [5.41, 5.74) is 3.61. The molecule has 0 N–H and O–H groups in total. The van der Waals surface area contributed by atoms with Gasteiger partial charge < -0.3 is 19.3 Å². The van der Waals surface area contributed by atoms with Crippen LogP contribution < -0.4 is 9.47 Å². The molecule has 5 heteroatoms. The van der Waals surface area contributed by atoms with Gasteiger partial charge in [-0.1, -0.05) is 18.2 Å². The summed E-state index contributed by atoms with van der Waals surface area (Å²) in [5, 5.41) is 0. The van der Waals surface area contributed by atoms with Crippen LogP contribution in [0.15, 0.2) is 48.5 Å². The summed E-state index contributed by atoms with van der Waals surface area (Å²) in [6.07, 6.45) is 4.56. The molecule has 4 nitrogen and oxygen atoms in total. The van der Waals surface area contributed by atoms with Gasteiger partial charge in [0.1, 0.15) is 17.2 Å². The molecule has 32 heavy (non-hydrogen) atoms. The molecule has 0 unspecified atom stereocenters. The van der Waals surface area contributed by atoms with E-state index in [-0.39, 0.29) is 0 Å². The van der Waals surface area contributed by atoms with Crippen LogP contribution in [0, 0.1) is 0 Å². The molecule has 0 aliphatic carbocycles. The zero-order chi connectivity index (χ0) is 22.5. The van der Waals surface area contributed by atoms with E-state index >= 15 is 0 Å². The predicted octanol–water partition coefficient (Wildman–Crippen LogP) is 6.40. The number of ether oxygens (including phenoxy) is 2. The van der Waals surface area contributed by atoms with Crippen LogP contribution >= 0.6 is 11.3 Å². The monoisotopic (exact) mass is 450 g/mol. The molecule has 170 valence electrons. The summed E-state index contributed by atoms with van der Waals surface area (Å²) >= 11 is 1.90. The van der Waals surface area contributed by atoms with Gasteiger partial charge in [-0.05, 0) is 84.7 Å². The van der Waals surface area contributed by atoms with Gasteiger partial charge in [-0.2, -0.15) is 0 Å². The van der Waals surface area contributed by atoms with Crippen LogP contribution in [0.1, 0.15) is 24.1 Å². The van der Waals surface area contributed by atoms with Crippen molar-refractivity contribution in [2.45, 2.75) is 25.7 Å². The lowest BCUT2D eigenvalue weighted by Gasteiger charge is -2.13. The maximum absolute atomic E-state index is 6.41. The van der Waals surface area contributed by atoms with Gasteiger partial charge in [0.05, 0.1) is 6.61 Å². The zero-order valence-electron chi connectivity index (χ0n) is 19.7. The van der Waals surface area contributed by atoms with Crippen LogP contribution in [0.25, 0.3) is 21.6 Å². The lowest BCUT2D eigenvalue weighted by atomic mass is 10.0. The highest BCUT2D eigenvalue weighted by Gasteiger charge is 2.23. The third-order valence-electron chi connectivity index (χ3n) is 5.67. The Bertz CT molecular complexity index is 1040. The SMILES string of the molecule is CN(C)CCCCc1cc2c(s1)-c1ccc(OCCCN(C)C)cc1Oc1ccccc1-2. The first-order valence-electron chi connectivity index (χ1n) is 11.5. The quantitative estimate of drug-likeness (QED) is 0.261. The number of nitrogens with zero attached hydrogens (tertiary/aromatic N) is 2. The molecule has 3 aromatic rings. The molecule has 0 radical (unpaired) electrons. The van der Waals surface area contributed by atoms with Crippen molar-refractivity contribution in [3.05, 3.63) is 53.4 Å². The number of thiophene rings is 1. The second-order valence-electron chi connectivity index (χ2n) is 8.98. The molecule has 0 bridgehead atoms. The molecule has 0 atom stereocenters. The number of fused-ring (bicyclic) bond motifs is 5. The molecule has 0 spiro atoms. The van der Waals surface area contributed by atoms with Crippen LogP contribution in [-0.2, 0) is 6.42 Å². The summed E-state index contributed by atoms with van der Waals surface area (Å²) in [6.45, 7) is 2.86. The van der Waals surface area contributed by atoms with Crippen molar-refractivity contribution in [1.29, 1.82) is 0 Å². The van der Waals surface area contributed by atoms with Crippen LogP contribution in [-0.4, -0.2) is 57.7 Å². The Kier molecular flexibility index (Phi) is 7.51. The molecule has 2 aromatic carbocycles. The van der Waals surface area contributed by atoms with E-state index in [4.69, 9.17) is 9.47 Å². The number of hydrogen-bond donors (Lipinski definition) is 0. The van der Waals surface area contributed by atoms with Crippen molar-refractivity contribution in [3.8, 4) is 38.8 Å². The Hall–Kier alpha value is -2.34. The molecule has 4 rings (SSSR count). The van der Waals surface area contributed by atoms with Crippen molar-refractivity contribution in [2.75, 3.05) is 47.9 Å². The lowest BCUT2D eigenvalue weighted by Crippen LogP contribution is -2.15. The van der Waals surface area contributed by atoms with Gasteiger partial charge in [0.25, 0.3) is 0 Å². The maximum atomic E-state index is 6.41. The standard InChI is InChI=1S/C27H34N2O2S/c1-28(2)15-8-7-10-21-19-24-22-11-5-6-12-25(22)31-26-18-20(30-17-9-16-29(3)4)13-14-23(26)27(24)32-21/h5-6,11-14,18-19H,7-10,15-17H2,1-4H3. The summed E-state index contributed by atoms with van der Waals surface area (Å²) in [4.78, 5) is 7.18. The summed E-state index contributed by atoms with van der Waals surface area (Å²) in [7, 11) is 8.45. The van der Waals surface area contributed by atoms with Crippen LogP contribution in [0.3, 0.4) is 0 Å². The van der Waals surface area contributed by atoms with Gasteiger partial charge in [-0.15, -0.1) is 11.3 Å². The highest BCUT2D eigenvalue weighted by molar-refractivity contribution is 7.16. The molecule has 0 saturated carbocycles. The lowest BCUT2D eigenvalue weighted by molar-refractivity contribution is 0.281. The second kappa shape index (κ2) is 10.5. The van der Waals surface area contributed by atoms with E-state index in [1.807, 2.05) is 23.5 Å². The van der Waals surface area contributed by atoms with Crippen LogP contribution in [0.2, 0.25) is 0 Å². The molecule has 0 saturated heterocycles. The maximum Gasteiger partial charge on any atom is 0.139 e. The summed E-state index contributed by atoms with van der Waals surface area (Å²) < 4.78 is 12.4. The van der Waals surface area contributed by atoms with Crippen molar-refractivity contribution in [2.24, 2.45) is 0 Å². The second-order valence-corrected chi connectivity index (χ2v) is 10.1. The number of rotatable bonds is 10. The molecule has 0 amide bonds. The largest absolute Gasteiger partial charge is 0.493 e. The highest BCUT2D eigenvalue weighted by atomic mass is 32.1. The van der Waals surface area contributed by atoms with Gasteiger partial charge >= 0.3 is 0 Å². The fourth-order valence-corrected chi connectivity index (χ4v) is 5.27. The van der Waals surface area contributed by atoms with Gasteiger partial charge in [0.15, 0.2) is 0 Å². The van der Waals surface area contributed by atoms with Gasteiger partial charge in [0, 0.05) is 39.1 Å². The number of benzene rings is 2. The normalized spacial score (nSPS) is 12.2. The molecular formula is C27H34N2O2S. The zero-order valence-corrected chi connectivity index (χ0v) is 20.5. The van der Waals surface area contributed by atoms with Gasteiger partial charge in [-0.25, -0.2) is 0 Å². The molecule has 2 heterocycles. The van der Waals surface area contributed by atoms with E-state index in [2.05, 4.69) is 74.4 Å². The van der Waals surface area contributed by atoms with E-state index in [0.717, 1.165) is 48.7 Å². The average Bonchev–Trinajstić information content (AvgIpc) is 3.13. The van der Waals surface area contributed by atoms with E-state index in [0.29, 0.717) is 6.61 Å². The Morgan fingerprint density at radius 3 is 2.38 bits per heavy atom. The van der Waals surface area contributed by atoms with Crippen molar-refractivity contribution < 1.29 is 9.47 Å². The molecule has 1 aromatic heterocycles. The summed E-state index contributed by atoms with van der Waals surface area (Å²) in [6, 6.07) is 17.0. The fraction of sp³-hybridized carbons (Fsp3) is 0.407. The Morgan fingerprint density at radius 1 is 0.781 bits per heavy atom. The minimum Gasteiger partial charge on any atom is -0.493 e. The van der Waals surface area contributed by atoms with Crippen LogP contribution in [0.5, 0.6) is 17.2 Å². The molecular weight excluding hydrogens is 416 g/mol. The third kappa shape index (κ3) is 5.52. The van der Waals surface area contributed by atoms with Crippen molar-refractivity contribution >= 4 is 11.3 Å². The molecule has 1 aliphatic heterocycles. The highest BCUT2D eigenvalue weighted by Crippen LogP contribution is 2.51. The topological polar surface area (TPSA) is 24.9 Å². The molecule has 0 fully saturated rings. The minimum atomic E-state index is 0.703. The number of hydrogen-bond acceptors (Lipinski definition) is 5.